The summed E-state index contributed by atoms with van der Waals surface area (Å²) < 4.78 is 0. The topological polar surface area (TPSA) is 3.24 Å². The molecule has 0 aromatic carbocycles. The van der Waals surface area contributed by atoms with E-state index >= 15 is 0 Å². The third-order valence-electron chi connectivity index (χ3n) is 5.02. The summed E-state index contributed by atoms with van der Waals surface area (Å²) in [5.74, 6) is 9.08. The molecule has 0 amide bonds. The van der Waals surface area contributed by atoms with Crippen LogP contribution in [0.1, 0.15) is 65.7 Å². The molecule has 0 spiro atoms. The van der Waals surface area contributed by atoms with Crippen LogP contribution in [-0.4, -0.2) is 24.0 Å². The Balaban J connectivity index is 1.73. The van der Waals surface area contributed by atoms with E-state index in [1.165, 1.54) is 58.0 Å². The predicted molar refractivity (Wildman–Crippen MR) is 82.9 cm³/mol. The van der Waals surface area contributed by atoms with Crippen LogP contribution in [0.2, 0.25) is 0 Å². The molecule has 0 bridgehead atoms. The van der Waals surface area contributed by atoms with Gasteiger partial charge in [-0.3, -0.25) is 0 Å². The predicted octanol–water partition coefficient (Wildman–Crippen LogP) is 4.33. The molecule has 0 radical (unpaired) electrons. The fourth-order valence-electron chi connectivity index (χ4n) is 3.60. The quantitative estimate of drug-likeness (QED) is 0.669. The number of rotatable bonds is 2. The summed E-state index contributed by atoms with van der Waals surface area (Å²) in [6.07, 6.45) is 9.68. The monoisotopic (exact) mass is 261 g/mol. The van der Waals surface area contributed by atoms with Gasteiger partial charge in [-0.05, 0) is 57.5 Å². The second-order valence-electron chi connectivity index (χ2n) is 6.84. The van der Waals surface area contributed by atoms with Crippen molar-refractivity contribution in [2.45, 2.75) is 71.8 Å². The van der Waals surface area contributed by atoms with Gasteiger partial charge in [0.15, 0.2) is 0 Å². The van der Waals surface area contributed by atoms with E-state index < -0.39 is 0 Å². The summed E-state index contributed by atoms with van der Waals surface area (Å²) in [6.45, 7) is 9.43. The number of likely N-dealkylation sites (tertiary alicyclic amines) is 1. The van der Waals surface area contributed by atoms with Crippen LogP contribution in [-0.2, 0) is 0 Å². The van der Waals surface area contributed by atoms with Gasteiger partial charge in [0.05, 0.1) is 0 Å². The van der Waals surface area contributed by atoms with Gasteiger partial charge in [-0.1, -0.05) is 33.1 Å². The smallest absolute Gasteiger partial charge is 0.0204 e. The highest BCUT2D eigenvalue weighted by Crippen LogP contribution is 2.30. The second-order valence-corrected chi connectivity index (χ2v) is 6.84. The summed E-state index contributed by atoms with van der Waals surface area (Å²) in [7, 11) is 0. The molecule has 2 rings (SSSR count). The van der Waals surface area contributed by atoms with Crippen molar-refractivity contribution in [1.82, 2.24) is 4.90 Å². The lowest BCUT2D eigenvalue weighted by Gasteiger charge is -2.40. The fourth-order valence-corrected chi connectivity index (χ4v) is 3.60. The lowest BCUT2D eigenvalue weighted by Crippen LogP contribution is -2.43. The van der Waals surface area contributed by atoms with Crippen molar-refractivity contribution in [2.75, 3.05) is 13.1 Å². The minimum absolute atomic E-state index is 0.533. The molecule has 1 saturated heterocycles. The van der Waals surface area contributed by atoms with Crippen molar-refractivity contribution < 1.29 is 0 Å². The van der Waals surface area contributed by atoms with Crippen molar-refractivity contribution in [2.24, 2.45) is 17.8 Å². The average molecular weight is 261 g/mol. The first-order chi connectivity index (χ1) is 9.19. The van der Waals surface area contributed by atoms with Crippen molar-refractivity contribution in [1.29, 1.82) is 0 Å². The highest BCUT2D eigenvalue weighted by atomic mass is 15.2. The fraction of sp³-hybridized carbons (Fsp3) is 0.889. The van der Waals surface area contributed by atoms with Crippen LogP contribution in [0.4, 0.5) is 0 Å². The number of piperidine rings is 1. The largest absolute Gasteiger partial charge is 0.300 e. The van der Waals surface area contributed by atoms with E-state index in [1.54, 1.807) is 0 Å². The molecular weight excluding hydrogens is 230 g/mol. The molecule has 1 aliphatic carbocycles. The maximum Gasteiger partial charge on any atom is 0.0204 e. The molecule has 19 heavy (non-hydrogen) atoms. The van der Waals surface area contributed by atoms with Crippen molar-refractivity contribution in [3.8, 4) is 11.8 Å². The van der Waals surface area contributed by atoms with E-state index in [4.69, 9.17) is 0 Å². The summed E-state index contributed by atoms with van der Waals surface area (Å²) in [5, 5.41) is 0. The van der Waals surface area contributed by atoms with Gasteiger partial charge in [0.25, 0.3) is 0 Å². The Morgan fingerprint density at radius 1 is 1.00 bits per heavy atom. The van der Waals surface area contributed by atoms with E-state index in [0.29, 0.717) is 11.8 Å². The van der Waals surface area contributed by atoms with E-state index in [-0.39, 0.29) is 0 Å². The average Bonchev–Trinajstić information content (AvgIpc) is 2.46. The summed E-state index contributed by atoms with van der Waals surface area (Å²) in [4.78, 5) is 2.78. The Kier molecular flexibility index (Phi) is 5.76. The van der Waals surface area contributed by atoms with Crippen LogP contribution in [0.3, 0.4) is 0 Å². The standard InChI is InChI=1S/C18H31N/c1-4-16-11-13-19(14-12-16)18-9-7-17(8-10-18)6-5-15(2)3/h15-18H,4,7-14H2,1-3H3. The lowest BCUT2D eigenvalue weighted by molar-refractivity contribution is 0.0996. The van der Waals surface area contributed by atoms with Gasteiger partial charge in [0, 0.05) is 17.9 Å². The Labute approximate surface area is 120 Å². The third kappa shape index (κ3) is 4.53. The van der Waals surface area contributed by atoms with Gasteiger partial charge < -0.3 is 4.90 Å². The second kappa shape index (κ2) is 7.34. The van der Waals surface area contributed by atoms with Gasteiger partial charge in [-0.2, -0.15) is 0 Å². The molecule has 1 aliphatic heterocycles. The molecule has 0 N–H and O–H groups in total. The van der Waals surface area contributed by atoms with Crippen LogP contribution < -0.4 is 0 Å². The lowest BCUT2D eigenvalue weighted by atomic mass is 9.84. The molecular formula is C18H31N. The molecule has 0 atom stereocenters. The van der Waals surface area contributed by atoms with Crippen LogP contribution in [0.15, 0.2) is 0 Å². The highest BCUT2D eigenvalue weighted by molar-refractivity contribution is 5.07. The van der Waals surface area contributed by atoms with Crippen molar-refractivity contribution in [3.05, 3.63) is 0 Å². The first-order valence-corrected chi connectivity index (χ1v) is 8.44. The Hall–Kier alpha value is -0.480. The summed E-state index contributed by atoms with van der Waals surface area (Å²) in [5.41, 5.74) is 0. The first kappa shape index (κ1) is 14.9. The molecule has 0 aromatic heterocycles. The Bertz CT molecular complexity index is 306. The molecule has 0 aromatic rings. The van der Waals surface area contributed by atoms with Crippen LogP contribution in [0.25, 0.3) is 0 Å². The van der Waals surface area contributed by atoms with Crippen molar-refractivity contribution in [3.63, 3.8) is 0 Å². The maximum atomic E-state index is 3.49. The Morgan fingerprint density at radius 2 is 1.63 bits per heavy atom. The van der Waals surface area contributed by atoms with E-state index in [1.807, 2.05) is 0 Å². The number of hydrogen-bond acceptors (Lipinski definition) is 1. The minimum atomic E-state index is 0.533. The molecule has 1 nitrogen and oxygen atoms in total. The third-order valence-corrected chi connectivity index (χ3v) is 5.02. The normalized spacial score (nSPS) is 30.1. The molecule has 2 aliphatic rings. The molecule has 1 saturated carbocycles. The number of hydrogen-bond donors (Lipinski definition) is 0. The van der Waals surface area contributed by atoms with E-state index in [2.05, 4.69) is 37.5 Å². The zero-order valence-corrected chi connectivity index (χ0v) is 13.1. The van der Waals surface area contributed by atoms with Gasteiger partial charge in [0.2, 0.25) is 0 Å². The van der Waals surface area contributed by atoms with Gasteiger partial charge in [0.1, 0.15) is 0 Å². The summed E-state index contributed by atoms with van der Waals surface area (Å²) in [6, 6.07) is 0.870. The van der Waals surface area contributed by atoms with E-state index in [9.17, 15) is 0 Å². The molecule has 108 valence electrons. The molecule has 0 unspecified atom stereocenters. The zero-order valence-electron chi connectivity index (χ0n) is 13.1. The van der Waals surface area contributed by atoms with Gasteiger partial charge in [-0.25, -0.2) is 0 Å². The molecule has 2 fully saturated rings. The molecule has 1 heteroatoms. The van der Waals surface area contributed by atoms with Gasteiger partial charge in [-0.15, -0.1) is 5.92 Å². The SMILES string of the molecule is CCC1CCN(C2CCC(C#CC(C)C)CC2)CC1. The number of nitrogens with zero attached hydrogens (tertiary/aromatic N) is 1. The zero-order chi connectivity index (χ0) is 13.7. The van der Waals surface area contributed by atoms with E-state index in [0.717, 1.165) is 12.0 Å². The van der Waals surface area contributed by atoms with Gasteiger partial charge >= 0.3 is 0 Å². The van der Waals surface area contributed by atoms with Crippen molar-refractivity contribution >= 4 is 0 Å². The molecule has 1 heterocycles. The first-order valence-electron chi connectivity index (χ1n) is 8.44. The maximum absolute atomic E-state index is 3.49. The highest BCUT2D eigenvalue weighted by Gasteiger charge is 2.27. The van der Waals surface area contributed by atoms with Crippen LogP contribution >= 0.6 is 0 Å². The minimum Gasteiger partial charge on any atom is -0.300 e. The summed E-state index contributed by atoms with van der Waals surface area (Å²) >= 11 is 0. The Morgan fingerprint density at radius 3 is 2.16 bits per heavy atom. The van der Waals surface area contributed by atoms with Crippen LogP contribution in [0, 0.1) is 29.6 Å². The van der Waals surface area contributed by atoms with Crippen LogP contribution in [0.5, 0.6) is 0 Å².